The Morgan fingerprint density at radius 3 is 2.67 bits per heavy atom. The van der Waals surface area contributed by atoms with Crippen molar-refractivity contribution in [1.29, 1.82) is 0 Å². The number of carbonyl (C=O) groups is 1. The fraction of sp³-hybridized carbons (Fsp3) is 0.350. The van der Waals surface area contributed by atoms with Crippen molar-refractivity contribution in [2.24, 2.45) is 0 Å². The van der Waals surface area contributed by atoms with Gasteiger partial charge in [0, 0.05) is 32.7 Å². The lowest BCUT2D eigenvalue weighted by atomic mass is 9.91. The third-order valence-electron chi connectivity index (χ3n) is 5.15. The number of amides is 2. The molecule has 1 N–H and O–H groups in total. The lowest BCUT2D eigenvalue weighted by molar-refractivity contribution is 0.0826. The van der Waals surface area contributed by atoms with Crippen LogP contribution in [0.2, 0.25) is 0 Å². The Hall–Kier alpha value is -2.33. The van der Waals surface area contributed by atoms with E-state index in [0.717, 1.165) is 38.2 Å². The van der Waals surface area contributed by atoms with E-state index >= 15 is 0 Å². The summed E-state index contributed by atoms with van der Waals surface area (Å²) in [6.07, 6.45) is 1.12. The summed E-state index contributed by atoms with van der Waals surface area (Å²) < 4.78 is 0. The molecule has 4 heteroatoms. The Morgan fingerprint density at radius 1 is 1.00 bits per heavy atom. The number of hydrogen-bond donors (Lipinski definition) is 1. The van der Waals surface area contributed by atoms with Crippen LogP contribution in [0.5, 0.6) is 0 Å². The number of nitrogens with zero attached hydrogens (tertiary/aromatic N) is 2. The number of urea groups is 1. The molecule has 1 unspecified atom stereocenters. The average molecular weight is 321 g/mol. The van der Waals surface area contributed by atoms with Crippen molar-refractivity contribution in [3.8, 4) is 0 Å². The van der Waals surface area contributed by atoms with Crippen LogP contribution >= 0.6 is 0 Å². The van der Waals surface area contributed by atoms with Crippen LogP contribution in [0.25, 0.3) is 0 Å². The van der Waals surface area contributed by atoms with Gasteiger partial charge in [0.25, 0.3) is 0 Å². The maximum absolute atomic E-state index is 12.6. The topological polar surface area (TPSA) is 35.6 Å². The predicted octanol–water partition coefficient (Wildman–Crippen LogP) is 2.81. The average Bonchev–Trinajstić information content (AvgIpc) is 2.66. The molecule has 0 radical (unpaired) electrons. The predicted molar refractivity (Wildman–Crippen MR) is 94.7 cm³/mol. The minimum absolute atomic E-state index is 0.0431. The quantitative estimate of drug-likeness (QED) is 0.923. The van der Waals surface area contributed by atoms with E-state index in [1.54, 1.807) is 0 Å². The molecule has 0 spiro atoms. The fourth-order valence-electron chi connectivity index (χ4n) is 3.80. The van der Waals surface area contributed by atoms with Gasteiger partial charge in [0.1, 0.15) is 0 Å². The number of piperazine rings is 1. The monoisotopic (exact) mass is 321 g/mol. The zero-order valence-electron chi connectivity index (χ0n) is 13.8. The molecule has 1 saturated heterocycles. The highest BCUT2D eigenvalue weighted by Gasteiger charge is 2.33. The van der Waals surface area contributed by atoms with Gasteiger partial charge in [-0.25, -0.2) is 4.79 Å². The summed E-state index contributed by atoms with van der Waals surface area (Å²) in [6, 6.07) is 19.1. The van der Waals surface area contributed by atoms with Crippen LogP contribution < -0.4 is 5.32 Å². The summed E-state index contributed by atoms with van der Waals surface area (Å²) in [5.41, 5.74) is 3.96. The van der Waals surface area contributed by atoms with Gasteiger partial charge in [-0.15, -0.1) is 0 Å². The van der Waals surface area contributed by atoms with Crippen LogP contribution in [0.4, 0.5) is 4.79 Å². The Kier molecular flexibility index (Phi) is 4.22. The molecule has 24 heavy (non-hydrogen) atoms. The second kappa shape index (κ2) is 6.65. The highest BCUT2D eigenvalue weighted by Crippen LogP contribution is 2.32. The molecule has 2 aromatic rings. The van der Waals surface area contributed by atoms with Crippen LogP contribution in [0, 0.1) is 0 Å². The van der Waals surface area contributed by atoms with E-state index in [0.29, 0.717) is 12.6 Å². The first-order valence-electron chi connectivity index (χ1n) is 8.70. The van der Waals surface area contributed by atoms with Gasteiger partial charge in [0.2, 0.25) is 0 Å². The summed E-state index contributed by atoms with van der Waals surface area (Å²) in [7, 11) is 0. The van der Waals surface area contributed by atoms with Gasteiger partial charge in [0.05, 0.1) is 6.04 Å². The number of hydrogen-bond acceptors (Lipinski definition) is 2. The van der Waals surface area contributed by atoms with E-state index in [-0.39, 0.29) is 6.03 Å². The summed E-state index contributed by atoms with van der Waals surface area (Å²) in [5.74, 6) is 0. The van der Waals surface area contributed by atoms with Crippen molar-refractivity contribution in [3.63, 3.8) is 0 Å². The SMILES string of the molecule is O=C(NCc1ccccc1)N1CCN2CCc3ccccc3C2C1. The van der Waals surface area contributed by atoms with Crippen molar-refractivity contribution in [2.45, 2.75) is 19.0 Å². The first-order chi connectivity index (χ1) is 11.8. The molecule has 2 aliphatic rings. The number of nitrogens with one attached hydrogen (secondary N) is 1. The van der Waals surface area contributed by atoms with Crippen LogP contribution in [-0.4, -0.2) is 42.0 Å². The molecule has 2 aliphatic heterocycles. The summed E-state index contributed by atoms with van der Waals surface area (Å²) in [4.78, 5) is 17.0. The molecular weight excluding hydrogens is 298 g/mol. The largest absolute Gasteiger partial charge is 0.334 e. The second-order valence-electron chi connectivity index (χ2n) is 6.59. The summed E-state index contributed by atoms with van der Waals surface area (Å²) >= 11 is 0. The van der Waals surface area contributed by atoms with E-state index in [1.165, 1.54) is 11.1 Å². The first-order valence-corrected chi connectivity index (χ1v) is 8.70. The molecule has 1 atom stereocenters. The molecule has 4 rings (SSSR count). The molecule has 2 heterocycles. The molecule has 0 aliphatic carbocycles. The summed E-state index contributed by atoms with van der Waals surface area (Å²) in [5, 5.41) is 3.06. The molecule has 4 nitrogen and oxygen atoms in total. The maximum Gasteiger partial charge on any atom is 0.317 e. The molecule has 2 amide bonds. The van der Waals surface area contributed by atoms with Crippen LogP contribution in [0.15, 0.2) is 54.6 Å². The molecule has 1 fully saturated rings. The third kappa shape index (κ3) is 3.02. The highest BCUT2D eigenvalue weighted by atomic mass is 16.2. The Balaban J connectivity index is 1.42. The molecule has 2 aromatic carbocycles. The van der Waals surface area contributed by atoms with Gasteiger partial charge in [-0.3, -0.25) is 4.90 Å². The highest BCUT2D eigenvalue weighted by molar-refractivity contribution is 5.74. The van der Waals surface area contributed by atoms with Crippen LogP contribution in [0.1, 0.15) is 22.7 Å². The Bertz CT molecular complexity index is 716. The Morgan fingerprint density at radius 2 is 1.79 bits per heavy atom. The number of rotatable bonds is 2. The molecule has 0 saturated carbocycles. The van der Waals surface area contributed by atoms with E-state index < -0.39 is 0 Å². The molecule has 0 aromatic heterocycles. The van der Waals surface area contributed by atoms with Gasteiger partial charge in [-0.2, -0.15) is 0 Å². The van der Waals surface area contributed by atoms with Gasteiger partial charge in [-0.05, 0) is 23.1 Å². The minimum atomic E-state index is 0.0431. The minimum Gasteiger partial charge on any atom is -0.334 e. The van der Waals surface area contributed by atoms with E-state index in [9.17, 15) is 4.79 Å². The summed E-state index contributed by atoms with van der Waals surface area (Å²) in [6.45, 7) is 4.22. The van der Waals surface area contributed by atoms with Gasteiger partial charge >= 0.3 is 6.03 Å². The Labute approximate surface area is 143 Å². The zero-order valence-corrected chi connectivity index (χ0v) is 13.8. The first kappa shape index (κ1) is 15.2. The van der Waals surface area contributed by atoms with Crippen molar-refractivity contribution < 1.29 is 4.79 Å². The van der Waals surface area contributed by atoms with E-state index in [2.05, 4.69) is 34.5 Å². The lowest BCUT2D eigenvalue weighted by Crippen LogP contribution is -2.54. The zero-order chi connectivity index (χ0) is 16.4. The fourth-order valence-corrected chi connectivity index (χ4v) is 3.80. The van der Waals surface area contributed by atoms with E-state index in [1.807, 2.05) is 35.2 Å². The number of fused-ring (bicyclic) bond motifs is 3. The van der Waals surface area contributed by atoms with Crippen LogP contribution in [-0.2, 0) is 13.0 Å². The molecule has 124 valence electrons. The number of benzene rings is 2. The maximum atomic E-state index is 12.6. The van der Waals surface area contributed by atoms with Gasteiger partial charge in [0.15, 0.2) is 0 Å². The lowest BCUT2D eigenvalue weighted by Gasteiger charge is -2.44. The normalized spacial score (nSPS) is 20.2. The third-order valence-corrected chi connectivity index (χ3v) is 5.15. The van der Waals surface area contributed by atoms with Crippen molar-refractivity contribution >= 4 is 6.03 Å². The standard InChI is InChI=1S/C20H23N3O/c24-20(21-14-16-6-2-1-3-7-16)23-13-12-22-11-10-17-8-4-5-9-18(17)19(22)15-23/h1-9,19H,10-15H2,(H,21,24). The second-order valence-corrected chi connectivity index (χ2v) is 6.59. The molecular formula is C20H23N3O. The van der Waals surface area contributed by atoms with Crippen LogP contribution in [0.3, 0.4) is 0 Å². The van der Waals surface area contributed by atoms with Crippen molar-refractivity contribution in [3.05, 3.63) is 71.3 Å². The van der Waals surface area contributed by atoms with Crippen molar-refractivity contribution in [1.82, 2.24) is 15.1 Å². The smallest absolute Gasteiger partial charge is 0.317 e. The van der Waals surface area contributed by atoms with E-state index in [4.69, 9.17) is 0 Å². The number of carbonyl (C=O) groups excluding carboxylic acids is 1. The van der Waals surface area contributed by atoms with Gasteiger partial charge in [-0.1, -0.05) is 54.6 Å². The van der Waals surface area contributed by atoms with Crippen molar-refractivity contribution in [2.75, 3.05) is 26.2 Å². The molecule has 0 bridgehead atoms. The van der Waals surface area contributed by atoms with Gasteiger partial charge < -0.3 is 10.2 Å².